The standard InChI is InChI=1S/C34H42O11/c1-41-25-13-9-23(10-14-25)29(35)33(39)17-5-3-7-27(33)31(37)44-21-19-43-20-22-45-32(38)28-8-4-6-18-34(28,40)30(36)24-11-15-26(42-2)16-12-24/h9-16,27-28,39-40H,3-8,17-22H2,1-2H3. The summed E-state index contributed by atoms with van der Waals surface area (Å²) in [6.07, 6.45) is 3.53. The van der Waals surface area contributed by atoms with Gasteiger partial charge in [0, 0.05) is 11.1 Å². The number of rotatable bonds is 14. The van der Waals surface area contributed by atoms with Gasteiger partial charge in [-0.2, -0.15) is 0 Å². The van der Waals surface area contributed by atoms with Gasteiger partial charge in [-0.15, -0.1) is 0 Å². The van der Waals surface area contributed by atoms with E-state index in [-0.39, 0.29) is 50.4 Å². The molecule has 4 atom stereocenters. The lowest BCUT2D eigenvalue weighted by Gasteiger charge is -2.37. The number of hydrogen-bond donors (Lipinski definition) is 2. The Hall–Kier alpha value is -3.80. The summed E-state index contributed by atoms with van der Waals surface area (Å²) < 4.78 is 26.4. The lowest BCUT2D eigenvalue weighted by atomic mass is 9.71. The lowest BCUT2D eigenvalue weighted by Crippen LogP contribution is -2.51. The third kappa shape index (κ3) is 7.89. The van der Waals surface area contributed by atoms with Crippen molar-refractivity contribution >= 4 is 23.5 Å². The Balaban J connectivity index is 1.22. The highest BCUT2D eigenvalue weighted by molar-refractivity contribution is 6.05. The fourth-order valence-corrected chi connectivity index (χ4v) is 6.17. The minimum Gasteiger partial charge on any atom is -0.497 e. The van der Waals surface area contributed by atoms with Crippen molar-refractivity contribution < 1.29 is 53.1 Å². The molecule has 2 saturated carbocycles. The van der Waals surface area contributed by atoms with Crippen molar-refractivity contribution in [3.8, 4) is 11.5 Å². The van der Waals surface area contributed by atoms with E-state index in [2.05, 4.69) is 0 Å². The summed E-state index contributed by atoms with van der Waals surface area (Å²) in [4.78, 5) is 52.3. The van der Waals surface area contributed by atoms with Crippen LogP contribution in [0.4, 0.5) is 0 Å². The maximum Gasteiger partial charge on any atom is 0.312 e. The molecule has 0 spiro atoms. The molecule has 244 valence electrons. The third-order valence-electron chi connectivity index (χ3n) is 8.76. The molecule has 4 unspecified atom stereocenters. The van der Waals surface area contributed by atoms with Crippen molar-refractivity contribution in [2.45, 2.75) is 62.6 Å². The number of aliphatic hydroxyl groups is 2. The first-order valence-electron chi connectivity index (χ1n) is 15.4. The topological polar surface area (TPSA) is 155 Å². The molecule has 0 aromatic heterocycles. The monoisotopic (exact) mass is 626 g/mol. The first-order chi connectivity index (χ1) is 21.6. The minimum atomic E-state index is -1.87. The smallest absolute Gasteiger partial charge is 0.312 e. The number of carbonyl (C=O) groups is 4. The molecule has 0 saturated heterocycles. The lowest BCUT2D eigenvalue weighted by molar-refractivity contribution is -0.161. The summed E-state index contributed by atoms with van der Waals surface area (Å²) in [5, 5.41) is 22.7. The maximum atomic E-state index is 13.2. The predicted molar refractivity (Wildman–Crippen MR) is 161 cm³/mol. The van der Waals surface area contributed by atoms with Gasteiger partial charge in [0.15, 0.2) is 11.6 Å². The van der Waals surface area contributed by atoms with Crippen LogP contribution in [0.5, 0.6) is 11.5 Å². The van der Waals surface area contributed by atoms with Crippen molar-refractivity contribution in [1.82, 2.24) is 0 Å². The zero-order chi connectivity index (χ0) is 32.5. The highest BCUT2D eigenvalue weighted by atomic mass is 16.6. The average molecular weight is 627 g/mol. The number of ketones is 2. The van der Waals surface area contributed by atoms with Gasteiger partial charge in [-0.05, 0) is 74.2 Å². The Morgan fingerprint density at radius 2 is 1.00 bits per heavy atom. The van der Waals surface area contributed by atoms with Gasteiger partial charge in [0.25, 0.3) is 0 Å². The number of carbonyl (C=O) groups excluding carboxylic acids is 4. The molecule has 2 fully saturated rings. The fraction of sp³-hybridized carbons (Fsp3) is 0.529. The number of benzene rings is 2. The fourth-order valence-electron chi connectivity index (χ4n) is 6.17. The summed E-state index contributed by atoms with van der Waals surface area (Å²) in [6, 6.07) is 12.7. The van der Waals surface area contributed by atoms with E-state index >= 15 is 0 Å². The molecule has 0 aliphatic heterocycles. The number of Topliss-reactive ketones (excluding diaryl/α,β-unsaturated/α-hetero) is 2. The molecular weight excluding hydrogens is 584 g/mol. The van der Waals surface area contributed by atoms with E-state index < -0.39 is 46.5 Å². The zero-order valence-electron chi connectivity index (χ0n) is 25.8. The van der Waals surface area contributed by atoms with Crippen LogP contribution in [0.25, 0.3) is 0 Å². The molecule has 2 aromatic rings. The first kappa shape index (κ1) is 34.1. The second-order valence-electron chi connectivity index (χ2n) is 11.5. The van der Waals surface area contributed by atoms with Crippen molar-refractivity contribution in [3.05, 3.63) is 59.7 Å². The van der Waals surface area contributed by atoms with Gasteiger partial charge in [0.05, 0.1) is 39.3 Å². The maximum absolute atomic E-state index is 13.2. The quantitative estimate of drug-likeness (QED) is 0.179. The Labute approximate surface area is 262 Å². The van der Waals surface area contributed by atoms with Crippen LogP contribution in [0, 0.1) is 11.8 Å². The Morgan fingerprint density at radius 3 is 1.36 bits per heavy atom. The Kier molecular flexibility index (Phi) is 11.7. The molecule has 2 aliphatic carbocycles. The summed E-state index contributed by atoms with van der Waals surface area (Å²) in [5.74, 6) is -3.26. The predicted octanol–water partition coefficient (Wildman–Crippen LogP) is 3.72. The molecule has 4 rings (SSSR count). The van der Waals surface area contributed by atoms with Gasteiger partial charge in [-0.25, -0.2) is 0 Å². The molecule has 11 heteroatoms. The van der Waals surface area contributed by atoms with E-state index in [1.165, 1.54) is 14.2 Å². The van der Waals surface area contributed by atoms with Crippen LogP contribution in [-0.4, -0.2) is 85.6 Å². The summed E-state index contributed by atoms with van der Waals surface area (Å²) in [7, 11) is 3.03. The Morgan fingerprint density at radius 1 is 0.622 bits per heavy atom. The first-order valence-corrected chi connectivity index (χ1v) is 15.4. The van der Waals surface area contributed by atoms with Crippen LogP contribution in [0.3, 0.4) is 0 Å². The van der Waals surface area contributed by atoms with Gasteiger partial charge < -0.3 is 33.9 Å². The SMILES string of the molecule is COc1ccc(C(=O)C2(O)CCCCC2C(=O)OCCOCCOC(=O)C2CCCCC2(O)C(=O)c2ccc(OC)cc2)cc1. The van der Waals surface area contributed by atoms with Gasteiger partial charge in [0.1, 0.15) is 35.9 Å². The van der Waals surface area contributed by atoms with E-state index in [9.17, 15) is 29.4 Å². The van der Waals surface area contributed by atoms with E-state index in [1.54, 1.807) is 48.5 Å². The summed E-state index contributed by atoms with van der Waals surface area (Å²) in [5.41, 5.74) is -3.16. The molecule has 0 amide bonds. The molecule has 45 heavy (non-hydrogen) atoms. The molecule has 11 nitrogen and oxygen atoms in total. The molecule has 0 bridgehead atoms. The van der Waals surface area contributed by atoms with Crippen molar-refractivity contribution in [1.29, 1.82) is 0 Å². The van der Waals surface area contributed by atoms with Crippen molar-refractivity contribution in [2.24, 2.45) is 11.8 Å². The van der Waals surface area contributed by atoms with Crippen LogP contribution in [-0.2, 0) is 23.8 Å². The van der Waals surface area contributed by atoms with Gasteiger partial charge in [-0.1, -0.05) is 25.7 Å². The second kappa shape index (κ2) is 15.5. The van der Waals surface area contributed by atoms with Gasteiger partial charge in [-0.3, -0.25) is 19.2 Å². The molecule has 2 aromatic carbocycles. The minimum absolute atomic E-state index is 0.00415. The highest BCUT2D eigenvalue weighted by Crippen LogP contribution is 2.39. The third-order valence-corrected chi connectivity index (χ3v) is 8.76. The molecular formula is C34H42O11. The van der Waals surface area contributed by atoms with Crippen LogP contribution in [0.15, 0.2) is 48.5 Å². The van der Waals surface area contributed by atoms with E-state index in [0.717, 1.165) is 0 Å². The molecule has 2 N–H and O–H groups in total. The molecule has 0 heterocycles. The molecule has 2 aliphatic rings. The van der Waals surface area contributed by atoms with E-state index in [0.29, 0.717) is 50.0 Å². The molecule has 0 radical (unpaired) electrons. The second-order valence-corrected chi connectivity index (χ2v) is 11.5. The number of esters is 2. The van der Waals surface area contributed by atoms with Crippen LogP contribution < -0.4 is 9.47 Å². The zero-order valence-corrected chi connectivity index (χ0v) is 25.8. The largest absolute Gasteiger partial charge is 0.497 e. The summed E-state index contributed by atoms with van der Waals surface area (Å²) >= 11 is 0. The number of hydrogen-bond acceptors (Lipinski definition) is 11. The number of ether oxygens (including phenoxy) is 5. The Bertz CT molecular complexity index is 1220. The van der Waals surface area contributed by atoms with Gasteiger partial charge >= 0.3 is 11.9 Å². The van der Waals surface area contributed by atoms with Crippen LogP contribution in [0.2, 0.25) is 0 Å². The average Bonchev–Trinajstić information content (AvgIpc) is 3.07. The van der Waals surface area contributed by atoms with Crippen LogP contribution >= 0.6 is 0 Å². The number of methoxy groups -OCH3 is 2. The normalized spacial score (nSPS) is 24.7. The van der Waals surface area contributed by atoms with Crippen molar-refractivity contribution in [3.63, 3.8) is 0 Å². The van der Waals surface area contributed by atoms with Crippen molar-refractivity contribution in [2.75, 3.05) is 40.6 Å². The van der Waals surface area contributed by atoms with Crippen LogP contribution in [0.1, 0.15) is 72.1 Å². The van der Waals surface area contributed by atoms with Gasteiger partial charge in [0.2, 0.25) is 0 Å². The highest BCUT2D eigenvalue weighted by Gasteiger charge is 2.51. The van der Waals surface area contributed by atoms with E-state index in [1.807, 2.05) is 0 Å². The van der Waals surface area contributed by atoms with E-state index in [4.69, 9.17) is 23.7 Å². The summed E-state index contributed by atoms with van der Waals surface area (Å²) in [6.45, 7) is -0.224.